The molecule has 0 aliphatic rings. The van der Waals surface area contributed by atoms with E-state index < -0.39 is 0 Å². The first-order valence-electron chi connectivity index (χ1n) is 10.5. The molecular formula is C24H26N6OS. The standard InChI is InChI=1S/C24H26N6OS/c1-16(2)30-21(14-15-25-30)26-23(31)18(4)32-24-28-27-22(19-8-6-5-7-9-19)29(24)20-12-10-17(3)11-13-20/h5-16,18H,1-4H3,(H,26,31). The fraction of sp³-hybridized carbons (Fsp3) is 0.250. The summed E-state index contributed by atoms with van der Waals surface area (Å²) in [6.07, 6.45) is 1.69. The van der Waals surface area contributed by atoms with Crippen molar-refractivity contribution in [1.29, 1.82) is 0 Å². The minimum Gasteiger partial charge on any atom is -0.310 e. The molecule has 0 aliphatic carbocycles. The third-order valence-corrected chi connectivity index (χ3v) is 6.06. The van der Waals surface area contributed by atoms with Gasteiger partial charge in [0, 0.05) is 23.4 Å². The number of benzene rings is 2. The average molecular weight is 447 g/mol. The van der Waals surface area contributed by atoms with Crippen LogP contribution in [0.3, 0.4) is 0 Å². The number of hydrogen-bond donors (Lipinski definition) is 1. The van der Waals surface area contributed by atoms with E-state index >= 15 is 0 Å². The van der Waals surface area contributed by atoms with Crippen LogP contribution in [0.1, 0.15) is 32.4 Å². The first-order valence-corrected chi connectivity index (χ1v) is 11.4. The van der Waals surface area contributed by atoms with E-state index in [4.69, 9.17) is 0 Å². The quantitative estimate of drug-likeness (QED) is 0.398. The van der Waals surface area contributed by atoms with Gasteiger partial charge >= 0.3 is 0 Å². The minimum absolute atomic E-state index is 0.114. The molecule has 1 unspecified atom stereocenters. The maximum Gasteiger partial charge on any atom is 0.238 e. The molecule has 1 amide bonds. The number of nitrogens with one attached hydrogen (secondary N) is 1. The van der Waals surface area contributed by atoms with Crippen molar-refractivity contribution in [3.63, 3.8) is 0 Å². The maximum atomic E-state index is 12.9. The molecule has 2 aromatic heterocycles. The van der Waals surface area contributed by atoms with Crippen LogP contribution in [0.4, 0.5) is 5.82 Å². The Morgan fingerprint density at radius 3 is 2.38 bits per heavy atom. The molecule has 164 valence electrons. The Morgan fingerprint density at radius 1 is 0.969 bits per heavy atom. The number of rotatable bonds is 7. The summed E-state index contributed by atoms with van der Waals surface area (Å²) in [4.78, 5) is 12.9. The second-order valence-corrected chi connectivity index (χ2v) is 9.16. The first-order chi connectivity index (χ1) is 15.4. The van der Waals surface area contributed by atoms with E-state index in [0.29, 0.717) is 11.0 Å². The molecule has 4 rings (SSSR count). The smallest absolute Gasteiger partial charge is 0.238 e. The van der Waals surface area contributed by atoms with Crippen LogP contribution in [0.25, 0.3) is 17.1 Å². The van der Waals surface area contributed by atoms with Gasteiger partial charge in [0.15, 0.2) is 11.0 Å². The highest BCUT2D eigenvalue weighted by Crippen LogP contribution is 2.30. The van der Waals surface area contributed by atoms with Crippen molar-refractivity contribution in [2.75, 3.05) is 5.32 Å². The summed E-state index contributed by atoms with van der Waals surface area (Å²) in [5.41, 5.74) is 3.09. The summed E-state index contributed by atoms with van der Waals surface area (Å²) < 4.78 is 3.79. The summed E-state index contributed by atoms with van der Waals surface area (Å²) in [6, 6.07) is 20.1. The van der Waals surface area contributed by atoms with Gasteiger partial charge in [0.25, 0.3) is 0 Å². The number of carbonyl (C=O) groups excluding carboxylic acids is 1. The van der Waals surface area contributed by atoms with Gasteiger partial charge < -0.3 is 5.32 Å². The largest absolute Gasteiger partial charge is 0.310 e. The third-order valence-electron chi connectivity index (χ3n) is 5.02. The SMILES string of the molecule is Cc1ccc(-n2c(SC(C)C(=O)Nc3ccnn3C(C)C)nnc2-c2ccccc2)cc1. The molecule has 8 heteroatoms. The summed E-state index contributed by atoms with van der Waals surface area (Å²) >= 11 is 1.38. The highest BCUT2D eigenvalue weighted by Gasteiger charge is 2.23. The molecule has 0 saturated heterocycles. The van der Waals surface area contributed by atoms with Crippen LogP contribution in [-0.4, -0.2) is 35.7 Å². The van der Waals surface area contributed by atoms with Crippen LogP contribution in [-0.2, 0) is 4.79 Å². The van der Waals surface area contributed by atoms with Crippen molar-refractivity contribution >= 4 is 23.5 Å². The van der Waals surface area contributed by atoms with E-state index in [9.17, 15) is 4.79 Å². The summed E-state index contributed by atoms with van der Waals surface area (Å²) in [5.74, 6) is 1.31. The Balaban J connectivity index is 1.63. The van der Waals surface area contributed by atoms with E-state index in [1.54, 1.807) is 16.9 Å². The van der Waals surface area contributed by atoms with E-state index in [1.807, 2.05) is 67.8 Å². The van der Waals surface area contributed by atoms with Gasteiger partial charge in [0.1, 0.15) is 5.82 Å². The van der Waals surface area contributed by atoms with E-state index in [0.717, 1.165) is 17.1 Å². The topological polar surface area (TPSA) is 77.6 Å². The molecule has 1 N–H and O–H groups in total. The maximum absolute atomic E-state index is 12.9. The van der Waals surface area contributed by atoms with Gasteiger partial charge in [-0.25, -0.2) is 4.68 Å². The Bertz CT molecular complexity index is 1200. The van der Waals surface area contributed by atoms with E-state index in [1.165, 1.54) is 17.3 Å². The lowest BCUT2D eigenvalue weighted by atomic mass is 10.2. The van der Waals surface area contributed by atoms with E-state index in [-0.39, 0.29) is 17.2 Å². The number of aromatic nitrogens is 5. The lowest BCUT2D eigenvalue weighted by Crippen LogP contribution is -2.25. The second-order valence-electron chi connectivity index (χ2n) is 7.85. The highest BCUT2D eigenvalue weighted by atomic mass is 32.2. The number of carbonyl (C=O) groups is 1. The molecule has 2 heterocycles. The number of thioether (sulfide) groups is 1. The van der Waals surface area contributed by atoms with Crippen LogP contribution in [0.2, 0.25) is 0 Å². The molecule has 2 aromatic carbocycles. The van der Waals surface area contributed by atoms with Gasteiger partial charge in [-0.05, 0) is 39.8 Å². The van der Waals surface area contributed by atoms with Gasteiger partial charge in [-0.15, -0.1) is 10.2 Å². The lowest BCUT2D eigenvalue weighted by molar-refractivity contribution is -0.115. The molecule has 0 spiro atoms. The molecular weight excluding hydrogens is 420 g/mol. The second kappa shape index (κ2) is 9.40. The molecule has 0 aliphatic heterocycles. The lowest BCUT2D eigenvalue weighted by Gasteiger charge is -2.16. The summed E-state index contributed by atoms with van der Waals surface area (Å²) in [7, 11) is 0. The number of aryl methyl sites for hydroxylation is 1. The van der Waals surface area contributed by atoms with Crippen LogP contribution in [0.15, 0.2) is 72.0 Å². The normalized spacial score (nSPS) is 12.2. The zero-order valence-corrected chi connectivity index (χ0v) is 19.4. The molecule has 0 bridgehead atoms. The van der Waals surface area contributed by atoms with Crippen LogP contribution in [0, 0.1) is 6.92 Å². The van der Waals surface area contributed by atoms with Crippen molar-refractivity contribution in [2.45, 2.75) is 44.1 Å². The number of amides is 1. The zero-order chi connectivity index (χ0) is 22.7. The number of anilines is 1. The van der Waals surface area contributed by atoms with Gasteiger partial charge in [-0.3, -0.25) is 9.36 Å². The van der Waals surface area contributed by atoms with Crippen LogP contribution < -0.4 is 5.32 Å². The molecule has 7 nitrogen and oxygen atoms in total. The van der Waals surface area contributed by atoms with Crippen LogP contribution in [0.5, 0.6) is 0 Å². The predicted octanol–water partition coefficient (Wildman–Crippen LogP) is 5.14. The molecule has 1 atom stereocenters. The highest BCUT2D eigenvalue weighted by molar-refractivity contribution is 8.00. The average Bonchev–Trinajstić information content (AvgIpc) is 3.42. The number of nitrogens with zero attached hydrogens (tertiary/aromatic N) is 5. The third kappa shape index (κ3) is 4.60. The number of hydrogen-bond acceptors (Lipinski definition) is 5. The Morgan fingerprint density at radius 2 is 1.69 bits per heavy atom. The van der Waals surface area contributed by atoms with Crippen molar-refractivity contribution in [2.24, 2.45) is 0 Å². The van der Waals surface area contributed by atoms with Crippen molar-refractivity contribution < 1.29 is 4.79 Å². The van der Waals surface area contributed by atoms with Gasteiger partial charge in [0.05, 0.1) is 11.4 Å². The molecule has 0 radical (unpaired) electrons. The predicted molar refractivity (Wildman–Crippen MR) is 128 cm³/mol. The first kappa shape index (κ1) is 21.8. The van der Waals surface area contributed by atoms with Gasteiger partial charge in [-0.1, -0.05) is 59.8 Å². The fourth-order valence-electron chi connectivity index (χ4n) is 3.31. The van der Waals surface area contributed by atoms with Gasteiger partial charge in [0.2, 0.25) is 5.91 Å². The Hall–Kier alpha value is -3.39. The molecule has 0 fully saturated rings. The Labute approximate surface area is 191 Å². The summed E-state index contributed by atoms with van der Waals surface area (Å²) in [6.45, 7) is 7.97. The molecule has 4 aromatic rings. The monoisotopic (exact) mass is 446 g/mol. The Kier molecular flexibility index (Phi) is 6.41. The zero-order valence-electron chi connectivity index (χ0n) is 18.6. The molecule has 0 saturated carbocycles. The van der Waals surface area contributed by atoms with Crippen molar-refractivity contribution in [3.8, 4) is 17.1 Å². The van der Waals surface area contributed by atoms with Gasteiger partial charge in [-0.2, -0.15) is 5.10 Å². The minimum atomic E-state index is -0.387. The van der Waals surface area contributed by atoms with Crippen molar-refractivity contribution in [1.82, 2.24) is 24.5 Å². The molecule has 32 heavy (non-hydrogen) atoms. The van der Waals surface area contributed by atoms with Crippen LogP contribution >= 0.6 is 11.8 Å². The van der Waals surface area contributed by atoms with Crippen molar-refractivity contribution in [3.05, 3.63) is 72.4 Å². The van der Waals surface area contributed by atoms with E-state index in [2.05, 4.69) is 39.7 Å². The summed E-state index contributed by atoms with van der Waals surface area (Å²) in [5, 5.41) is 16.4. The fourth-order valence-corrected chi connectivity index (χ4v) is 4.18.